The smallest absolute Gasteiger partial charge is 0.230 e. The Labute approximate surface area is 143 Å². The molecule has 1 aromatic heterocycles. The van der Waals surface area contributed by atoms with Crippen molar-refractivity contribution in [1.82, 2.24) is 15.5 Å². The number of nitrogens with one attached hydrogen (secondary N) is 1. The van der Waals surface area contributed by atoms with Crippen LogP contribution in [0.2, 0.25) is 0 Å². The Balaban J connectivity index is 0.00000121. The molecular formula is C18H26ClN3O. The molecule has 4 nitrogen and oxygen atoms in total. The monoisotopic (exact) mass is 335 g/mol. The molecule has 4 bridgehead atoms. The van der Waals surface area contributed by atoms with Crippen LogP contribution in [0.5, 0.6) is 0 Å². The highest BCUT2D eigenvalue weighted by Crippen LogP contribution is 2.63. The van der Waals surface area contributed by atoms with Gasteiger partial charge in [0.1, 0.15) is 0 Å². The lowest BCUT2D eigenvalue weighted by Crippen LogP contribution is -2.49. The van der Waals surface area contributed by atoms with Crippen molar-refractivity contribution in [3.8, 4) is 0 Å². The first-order chi connectivity index (χ1) is 10.7. The van der Waals surface area contributed by atoms with Crippen LogP contribution in [-0.2, 0) is 5.41 Å². The van der Waals surface area contributed by atoms with Crippen molar-refractivity contribution in [1.29, 1.82) is 0 Å². The minimum absolute atomic E-state index is 0. The van der Waals surface area contributed by atoms with Gasteiger partial charge in [-0.25, -0.2) is 0 Å². The number of nitrogens with zero attached hydrogens (tertiary/aromatic N) is 2. The van der Waals surface area contributed by atoms with Crippen molar-refractivity contribution in [2.75, 3.05) is 13.1 Å². The average molecular weight is 336 g/mol. The van der Waals surface area contributed by atoms with Crippen LogP contribution in [0, 0.1) is 23.2 Å². The van der Waals surface area contributed by atoms with Gasteiger partial charge in [0.05, 0.1) is 0 Å². The van der Waals surface area contributed by atoms with Gasteiger partial charge in [0.15, 0.2) is 5.82 Å². The lowest BCUT2D eigenvalue weighted by molar-refractivity contribution is -0.0103. The molecule has 1 saturated heterocycles. The lowest BCUT2D eigenvalue weighted by atomic mass is 9.49. The normalized spacial score (nSPS) is 49.6. The summed E-state index contributed by atoms with van der Waals surface area (Å²) in [6, 6.07) is 0. The van der Waals surface area contributed by atoms with Crippen molar-refractivity contribution in [2.45, 2.75) is 62.7 Å². The van der Waals surface area contributed by atoms with E-state index in [4.69, 9.17) is 9.51 Å². The van der Waals surface area contributed by atoms with Crippen molar-refractivity contribution in [2.24, 2.45) is 23.2 Å². The van der Waals surface area contributed by atoms with Crippen molar-refractivity contribution in [3.63, 3.8) is 0 Å². The average Bonchev–Trinajstić information content (AvgIpc) is 2.88. The van der Waals surface area contributed by atoms with Crippen LogP contribution >= 0.6 is 12.4 Å². The van der Waals surface area contributed by atoms with Crippen LogP contribution in [0.25, 0.3) is 0 Å². The summed E-state index contributed by atoms with van der Waals surface area (Å²) in [5.74, 6) is 5.40. The molecule has 1 aliphatic heterocycles. The SMILES string of the molecule is C1CC2(CN1)CC2c1nc(C23CC4CC(CC(C4)C2)C3)no1.Cl. The Morgan fingerprint density at radius 1 is 1.00 bits per heavy atom. The van der Waals surface area contributed by atoms with Gasteiger partial charge in [-0.2, -0.15) is 4.98 Å². The van der Waals surface area contributed by atoms with Crippen LogP contribution in [0.3, 0.4) is 0 Å². The Hall–Kier alpha value is -0.610. The molecule has 2 atom stereocenters. The van der Waals surface area contributed by atoms with Gasteiger partial charge in [0.25, 0.3) is 0 Å². The molecule has 1 N–H and O–H groups in total. The first-order valence-electron chi connectivity index (χ1n) is 9.30. The molecule has 6 aliphatic rings. The fourth-order valence-electron chi connectivity index (χ4n) is 6.91. The van der Waals surface area contributed by atoms with Gasteiger partial charge in [-0.15, -0.1) is 12.4 Å². The van der Waals surface area contributed by atoms with E-state index in [-0.39, 0.29) is 17.8 Å². The Bertz CT molecular complexity index is 586. The molecule has 7 rings (SSSR count). The highest BCUT2D eigenvalue weighted by Gasteiger charge is 2.60. The van der Waals surface area contributed by atoms with Crippen molar-refractivity contribution < 1.29 is 4.52 Å². The summed E-state index contributed by atoms with van der Waals surface area (Å²) in [6.07, 6.45) is 10.9. The number of rotatable bonds is 2. The first kappa shape index (κ1) is 14.7. The Kier molecular flexibility index (Phi) is 3.02. The molecule has 0 radical (unpaired) electrons. The lowest BCUT2D eigenvalue weighted by Gasteiger charge is -2.55. The van der Waals surface area contributed by atoms with Gasteiger partial charge in [0, 0.05) is 17.9 Å². The molecule has 6 fully saturated rings. The number of halogens is 1. The zero-order valence-electron chi connectivity index (χ0n) is 13.6. The molecular weight excluding hydrogens is 310 g/mol. The highest BCUT2D eigenvalue weighted by molar-refractivity contribution is 5.85. The molecule has 2 unspecified atom stereocenters. The van der Waals surface area contributed by atoms with Crippen LogP contribution in [0.15, 0.2) is 4.52 Å². The third-order valence-corrected chi connectivity index (χ3v) is 7.72. The van der Waals surface area contributed by atoms with Gasteiger partial charge >= 0.3 is 0 Å². The summed E-state index contributed by atoms with van der Waals surface area (Å²) in [5, 5.41) is 8.02. The minimum atomic E-state index is 0. The largest absolute Gasteiger partial charge is 0.339 e. The summed E-state index contributed by atoms with van der Waals surface area (Å²) in [4.78, 5) is 4.98. The summed E-state index contributed by atoms with van der Waals surface area (Å²) < 4.78 is 5.78. The molecule has 126 valence electrons. The van der Waals surface area contributed by atoms with E-state index in [0.717, 1.165) is 42.6 Å². The highest BCUT2D eigenvalue weighted by atomic mass is 35.5. The molecule has 23 heavy (non-hydrogen) atoms. The third-order valence-electron chi connectivity index (χ3n) is 7.72. The Morgan fingerprint density at radius 2 is 1.70 bits per heavy atom. The molecule has 1 spiro atoms. The fourth-order valence-corrected chi connectivity index (χ4v) is 6.91. The molecule has 1 aromatic rings. The van der Waals surface area contributed by atoms with E-state index in [1.165, 1.54) is 51.4 Å². The van der Waals surface area contributed by atoms with Gasteiger partial charge in [0.2, 0.25) is 5.89 Å². The van der Waals surface area contributed by atoms with Crippen molar-refractivity contribution in [3.05, 3.63) is 11.7 Å². The standard InChI is InChI=1S/C18H25N3O.ClH/c1-2-19-10-17(1)9-14(17)15-20-16(21-22-15)18-6-11-3-12(7-18)5-13(4-11)8-18;/h11-14,19H,1-10H2;1H. The quantitative estimate of drug-likeness (QED) is 0.899. The van der Waals surface area contributed by atoms with Gasteiger partial charge in [-0.3, -0.25) is 0 Å². The van der Waals surface area contributed by atoms with Gasteiger partial charge < -0.3 is 9.84 Å². The molecule has 5 saturated carbocycles. The van der Waals surface area contributed by atoms with E-state index in [9.17, 15) is 0 Å². The number of aromatic nitrogens is 2. The van der Waals surface area contributed by atoms with E-state index in [1.807, 2.05) is 0 Å². The van der Waals surface area contributed by atoms with Crippen LogP contribution in [0.1, 0.15) is 69.0 Å². The van der Waals surface area contributed by atoms with Crippen LogP contribution in [0.4, 0.5) is 0 Å². The molecule has 0 amide bonds. The van der Waals surface area contributed by atoms with Crippen molar-refractivity contribution >= 4 is 12.4 Å². The molecule has 0 aromatic carbocycles. The van der Waals surface area contributed by atoms with Gasteiger partial charge in [-0.1, -0.05) is 5.16 Å². The molecule has 2 heterocycles. The number of hydrogen-bond acceptors (Lipinski definition) is 4. The van der Waals surface area contributed by atoms with E-state index >= 15 is 0 Å². The second-order valence-electron chi connectivity index (χ2n) is 9.20. The third kappa shape index (κ3) is 2.00. The van der Waals surface area contributed by atoms with E-state index in [0.29, 0.717) is 11.3 Å². The molecule has 5 aliphatic carbocycles. The molecule has 5 heteroatoms. The zero-order chi connectivity index (χ0) is 14.4. The van der Waals surface area contributed by atoms with E-state index < -0.39 is 0 Å². The fraction of sp³-hybridized carbons (Fsp3) is 0.889. The predicted molar refractivity (Wildman–Crippen MR) is 88.7 cm³/mol. The summed E-state index contributed by atoms with van der Waals surface area (Å²) in [6.45, 7) is 2.30. The summed E-state index contributed by atoms with van der Waals surface area (Å²) in [5.41, 5.74) is 0.748. The summed E-state index contributed by atoms with van der Waals surface area (Å²) >= 11 is 0. The second-order valence-corrected chi connectivity index (χ2v) is 9.20. The van der Waals surface area contributed by atoms with Crippen LogP contribution in [-0.4, -0.2) is 23.2 Å². The predicted octanol–water partition coefficient (Wildman–Crippen LogP) is 3.43. The maximum absolute atomic E-state index is 5.78. The Morgan fingerprint density at radius 3 is 2.30 bits per heavy atom. The van der Waals surface area contributed by atoms with E-state index in [1.54, 1.807) is 0 Å². The topological polar surface area (TPSA) is 51.0 Å². The maximum atomic E-state index is 5.78. The van der Waals surface area contributed by atoms with Gasteiger partial charge in [-0.05, 0) is 81.1 Å². The second kappa shape index (κ2) is 4.72. The first-order valence-corrected chi connectivity index (χ1v) is 9.30. The minimum Gasteiger partial charge on any atom is -0.339 e. The maximum Gasteiger partial charge on any atom is 0.230 e. The van der Waals surface area contributed by atoms with Crippen LogP contribution < -0.4 is 5.32 Å². The zero-order valence-corrected chi connectivity index (χ0v) is 14.4. The number of hydrogen-bond donors (Lipinski definition) is 1. The van der Waals surface area contributed by atoms with E-state index in [2.05, 4.69) is 10.5 Å². The summed E-state index contributed by atoms with van der Waals surface area (Å²) in [7, 11) is 0.